The van der Waals surface area contributed by atoms with Crippen molar-refractivity contribution in [2.45, 2.75) is 38.2 Å². The van der Waals surface area contributed by atoms with Crippen LogP contribution in [0.5, 0.6) is 0 Å². The van der Waals surface area contributed by atoms with E-state index < -0.39 is 0 Å². The zero-order valence-electron chi connectivity index (χ0n) is 13.9. The number of hydrogen-bond donors (Lipinski definition) is 0. The molecule has 1 atom stereocenters. The molecule has 3 rings (SSSR count). The Bertz CT molecular complexity index is 868. The molecule has 0 aliphatic rings. The van der Waals surface area contributed by atoms with Crippen molar-refractivity contribution in [1.82, 2.24) is 15.2 Å². The molecule has 124 valence electrons. The minimum atomic E-state index is -0.301. The van der Waals surface area contributed by atoms with Crippen molar-refractivity contribution in [1.29, 1.82) is 0 Å². The van der Waals surface area contributed by atoms with E-state index in [9.17, 15) is 4.79 Å². The van der Waals surface area contributed by atoms with E-state index >= 15 is 0 Å². The molecule has 0 radical (unpaired) electrons. The van der Waals surface area contributed by atoms with Gasteiger partial charge in [0.1, 0.15) is 4.88 Å². The van der Waals surface area contributed by atoms with E-state index in [0.29, 0.717) is 16.7 Å². The lowest BCUT2D eigenvalue weighted by Gasteiger charge is -2.07. The molecule has 0 fully saturated rings. The van der Waals surface area contributed by atoms with Crippen molar-refractivity contribution in [2.75, 3.05) is 0 Å². The van der Waals surface area contributed by atoms with Gasteiger partial charge in [-0.3, -0.25) is 4.79 Å². The number of aromatic nitrogens is 3. The summed E-state index contributed by atoms with van der Waals surface area (Å²) in [5.74, 6) is 0.500. The third-order valence-corrected chi connectivity index (χ3v) is 5.48. The number of carbonyl (C=O) groups is 1. The summed E-state index contributed by atoms with van der Waals surface area (Å²) in [6.45, 7) is 7.70. The van der Waals surface area contributed by atoms with Crippen LogP contribution in [0.2, 0.25) is 0 Å². The second kappa shape index (κ2) is 6.86. The number of thiazole rings is 1. The smallest absolute Gasteiger partial charge is 0.277 e. The lowest BCUT2D eigenvalue weighted by Crippen LogP contribution is -2.13. The van der Waals surface area contributed by atoms with E-state index in [1.54, 1.807) is 0 Å². The van der Waals surface area contributed by atoms with Crippen molar-refractivity contribution in [3.63, 3.8) is 0 Å². The van der Waals surface area contributed by atoms with Crippen LogP contribution in [0.3, 0.4) is 0 Å². The van der Waals surface area contributed by atoms with E-state index in [4.69, 9.17) is 4.42 Å². The molecule has 5 nitrogen and oxygen atoms in total. The fourth-order valence-electron chi connectivity index (χ4n) is 2.24. The van der Waals surface area contributed by atoms with Crippen molar-refractivity contribution >= 4 is 28.9 Å². The molecule has 0 amide bonds. The number of carbonyl (C=O) groups excluding carboxylic acids is 1. The number of aryl methyl sites for hydroxylation is 3. The molecular formula is C17H17N3O2S2. The Morgan fingerprint density at radius 3 is 2.50 bits per heavy atom. The van der Waals surface area contributed by atoms with Crippen molar-refractivity contribution in [2.24, 2.45) is 0 Å². The molecule has 0 N–H and O–H groups in total. The molecule has 0 spiro atoms. The van der Waals surface area contributed by atoms with Gasteiger partial charge in [0.25, 0.3) is 11.1 Å². The average molecular weight is 359 g/mol. The van der Waals surface area contributed by atoms with Gasteiger partial charge < -0.3 is 4.42 Å². The summed E-state index contributed by atoms with van der Waals surface area (Å²) in [7, 11) is 0. The number of benzene rings is 1. The topological polar surface area (TPSA) is 68.9 Å². The van der Waals surface area contributed by atoms with Crippen LogP contribution < -0.4 is 0 Å². The maximum atomic E-state index is 12.5. The quantitative estimate of drug-likeness (QED) is 0.494. The van der Waals surface area contributed by atoms with Crippen LogP contribution in [0, 0.1) is 20.8 Å². The lowest BCUT2D eigenvalue weighted by atomic mass is 10.1. The normalized spacial score (nSPS) is 12.3. The highest BCUT2D eigenvalue weighted by Gasteiger charge is 2.21. The first-order chi connectivity index (χ1) is 11.4. The molecule has 0 aliphatic carbocycles. The maximum absolute atomic E-state index is 12.5. The Hall–Kier alpha value is -1.99. The van der Waals surface area contributed by atoms with Crippen LogP contribution in [0.25, 0.3) is 10.8 Å². The molecule has 3 aromatic rings. The second-order valence-electron chi connectivity index (χ2n) is 5.51. The molecule has 0 bridgehead atoms. The number of rotatable bonds is 5. The highest BCUT2D eigenvalue weighted by atomic mass is 32.2. The number of nitrogens with zero attached hydrogens (tertiary/aromatic N) is 3. The first kappa shape index (κ1) is 16.9. The second-order valence-corrected chi connectivity index (χ2v) is 8.01. The number of Topliss-reactive ketones (excluding diaryl/α,β-unsaturated/α-hetero) is 1. The van der Waals surface area contributed by atoms with Gasteiger partial charge in [0.05, 0.1) is 16.0 Å². The predicted octanol–water partition coefficient (Wildman–Crippen LogP) is 4.48. The van der Waals surface area contributed by atoms with E-state index in [1.165, 1.54) is 23.1 Å². The minimum absolute atomic E-state index is 0.0459. The molecule has 1 unspecified atom stereocenters. The molecule has 2 heterocycles. The SMILES string of the molecule is Cc1ccc(C(=O)C(C)Sc2nnc(-c3sc(C)nc3C)o2)cc1. The van der Waals surface area contributed by atoms with Crippen LogP contribution in [-0.4, -0.2) is 26.2 Å². The number of ketones is 1. The van der Waals surface area contributed by atoms with E-state index in [0.717, 1.165) is 21.1 Å². The van der Waals surface area contributed by atoms with Gasteiger partial charge in [-0.25, -0.2) is 4.98 Å². The molecule has 0 aliphatic heterocycles. The van der Waals surface area contributed by atoms with Crippen LogP contribution in [0.15, 0.2) is 33.9 Å². The van der Waals surface area contributed by atoms with E-state index in [-0.39, 0.29) is 11.0 Å². The van der Waals surface area contributed by atoms with Crippen LogP contribution in [-0.2, 0) is 0 Å². The third-order valence-electron chi connectivity index (χ3n) is 3.49. The van der Waals surface area contributed by atoms with Crippen molar-refractivity contribution in [3.8, 4) is 10.8 Å². The Morgan fingerprint density at radius 1 is 1.17 bits per heavy atom. The van der Waals surface area contributed by atoms with Crippen LogP contribution in [0.1, 0.15) is 33.5 Å². The van der Waals surface area contributed by atoms with Gasteiger partial charge in [0.2, 0.25) is 0 Å². The first-order valence-corrected chi connectivity index (χ1v) is 9.19. The fraction of sp³-hybridized carbons (Fsp3) is 0.294. The Labute approximate surface area is 148 Å². The first-order valence-electron chi connectivity index (χ1n) is 7.49. The monoisotopic (exact) mass is 359 g/mol. The molecule has 2 aromatic heterocycles. The van der Waals surface area contributed by atoms with Gasteiger partial charge in [-0.1, -0.05) is 41.6 Å². The summed E-state index contributed by atoms with van der Waals surface area (Å²) in [6, 6.07) is 7.56. The fourth-order valence-corrected chi connectivity index (χ4v) is 3.84. The molecular weight excluding hydrogens is 342 g/mol. The largest absolute Gasteiger partial charge is 0.410 e. The van der Waals surface area contributed by atoms with Crippen LogP contribution in [0.4, 0.5) is 0 Å². The predicted molar refractivity (Wildman–Crippen MR) is 95.7 cm³/mol. The zero-order chi connectivity index (χ0) is 17.3. The van der Waals surface area contributed by atoms with Crippen molar-refractivity contribution in [3.05, 3.63) is 46.1 Å². The Kier molecular flexibility index (Phi) is 4.82. The number of thioether (sulfide) groups is 1. The van der Waals surface area contributed by atoms with Gasteiger partial charge in [0.15, 0.2) is 5.78 Å². The van der Waals surface area contributed by atoms with Gasteiger partial charge >= 0.3 is 0 Å². The molecule has 0 saturated carbocycles. The van der Waals surface area contributed by atoms with E-state index in [2.05, 4.69) is 15.2 Å². The summed E-state index contributed by atoms with van der Waals surface area (Å²) in [5.41, 5.74) is 2.69. The van der Waals surface area contributed by atoms with Gasteiger partial charge in [-0.15, -0.1) is 21.5 Å². The van der Waals surface area contributed by atoms with E-state index in [1.807, 2.05) is 52.0 Å². The summed E-state index contributed by atoms with van der Waals surface area (Å²) < 4.78 is 5.70. The molecule has 24 heavy (non-hydrogen) atoms. The summed E-state index contributed by atoms with van der Waals surface area (Å²) >= 11 is 2.79. The van der Waals surface area contributed by atoms with Gasteiger partial charge in [-0.2, -0.15) is 0 Å². The Morgan fingerprint density at radius 2 is 1.88 bits per heavy atom. The summed E-state index contributed by atoms with van der Waals surface area (Å²) in [5, 5.41) is 9.17. The minimum Gasteiger partial charge on any atom is -0.410 e. The average Bonchev–Trinajstić information content (AvgIpc) is 3.13. The standard InChI is InChI=1S/C17H17N3O2S2/c1-9-5-7-13(8-6-9)14(21)11(3)23-17-20-19-16(22-17)15-10(2)18-12(4)24-15/h5-8,11H,1-4H3. The van der Waals surface area contributed by atoms with Crippen LogP contribution >= 0.6 is 23.1 Å². The maximum Gasteiger partial charge on any atom is 0.277 e. The highest BCUT2D eigenvalue weighted by molar-refractivity contribution is 8.00. The molecule has 1 aromatic carbocycles. The molecule has 7 heteroatoms. The van der Waals surface area contributed by atoms with Gasteiger partial charge in [0, 0.05) is 5.56 Å². The summed E-state index contributed by atoms with van der Waals surface area (Å²) in [4.78, 5) is 17.7. The Balaban J connectivity index is 1.73. The third kappa shape index (κ3) is 3.57. The number of hydrogen-bond acceptors (Lipinski definition) is 7. The highest BCUT2D eigenvalue weighted by Crippen LogP contribution is 2.32. The lowest BCUT2D eigenvalue weighted by molar-refractivity contribution is 0.0993. The zero-order valence-corrected chi connectivity index (χ0v) is 15.5. The summed E-state index contributed by atoms with van der Waals surface area (Å²) in [6.07, 6.45) is 0. The molecule has 0 saturated heterocycles. The van der Waals surface area contributed by atoms with Gasteiger partial charge in [-0.05, 0) is 27.7 Å². The van der Waals surface area contributed by atoms with Crippen molar-refractivity contribution < 1.29 is 9.21 Å².